The van der Waals surface area contributed by atoms with Crippen LogP contribution in [0.3, 0.4) is 0 Å². The zero-order chi connectivity index (χ0) is 6.62. The predicted molar refractivity (Wildman–Crippen MR) is 34.7 cm³/mol. The molecule has 0 saturated carbocycles. The molecule has 0 bridgehead atoms. The highest BCUT2D eigenvalue weighted by atomic mass is 28.4. The lowest BCUT2D eigenvalue weighted by Crippen LogP contribution is -2.27. The maximum Gasteiger partial charge on any atom is 0.299 e. The van der Waals surface area contributed by atoms with Gasteiger partial charge in [-0.05, 0) is 20.0 Å². The molecule has 0 heterocycles. The Morgan fingerprint density at radius 1 is 1.62 bits per heavy atom. The maximum atomic E-state index is 8.41. The molecule has 0 aliphatic carbocycles. The van der Waals surface area contributed by atoms with Crippen molar-refractivity contribution in [2.24, 2.45) is 0 Å². The first-order valence-corrected chi connectivity index (χ1v) is 5.58. The molecule has 2 nitrogen and oxygen atoms in total. The Morgan fingerprint density at radius 3 is 2.25 bits per heavy atom. The normalized spacial score (nSPS) is 10.8. The number of rotatable bonds is 2. The monoisotopic (exact) mass is 129 g/mol. The van der Waals surface area contributed by atoms with Crippen molar-refractivity contribution in [3.8, 4) is 5.69 Å². The average molecular weight is 129 g/mol. The van der Waals surface area contributed by atoms with E-state index in [-0.39, 0.29) is 0 Å². The summed E-state index contributed by atoms with van der Waals surface area (Å²) >= 11 is 0. The van der Waals surface area contributed by atoms with Crippen molar-refractivity contribution in [3.05, 3.63) is 0 Å². The van der Waals surface area contributed by atoms with E-state index in [1.54, 1.807) is 0 Å². The van der Waals surface area contributed by atoms with Crippen LogP contribution in [0, 0.1) is 11.0 Å². The minimum Gasteiger partial charge on any atom is -0.404 e. The first kappa shape index (κ1) is 7.67. The Labute approximate surface area is 51.2 Å². The Morgan fingerprint density at radius 2 is 2.12 bits per heavy atom. The van der Waals surface area contributed by atoms with Crippen molar-refractivity contribution >= 4 is 8.32 Å². The molecule has 0 aliphatic rings. The Kier molecular flexibility index (Phi) is 2.73. The van der Waals surface area contributed by atoms with E-state index < -0.39 is 8.32 Å². The van der Waals surface area contributed by atoms with E-state index in [4.69, 9.17) is 9.69 Å². The molecule has 0 saturated heterocycles. The van der Waals surface area contributed by atoms with E-state index in [2.05, 4.69) is 5.69 Å². The molecule has 0 amide bonds. The highest BCUT2D eigenvalue weighted by Gasteiger charge is 2.20. The fourth-order valence-corrected chi connectivity index (χ4v) is 1.18. The molecule has 0 fully saturated rings. The van der Waals surface area contributed by atoms with Gasteiger partial charge < -0.3 is 4.43 Å². The van der Waals surface area contributed by atoms with Gasteiger partial charge in [-0.1, -0.05) is 0 Å². The summed E-state index contributed by atoms with van der Waals surface area (Å²) in [7, 11) is -1.87. The summed E-state index contributed by atoms with van der Waals surface area (Å²) in [6, 6.07) is 0. The van der Waals surface area contributed by atoms with Crippen molar-refractivity contribution < 1.29 is 4.43 Å². The lowest BCUT2D eigenvalue weighted by molar-refractivity contribution is 0.339. The summed E-state index contributed by atoms with van der Waals surface area (Å²) in [6.45, 7) is 6.34. The van der Waals surface area contributed by atoms with E-state index in [1.807, 2.05) is 20.0 Å². The fraction of sp³-hybridized carbons (Fsp3) is 0.800. The molecule has 0 unspecified atom stereocenters. The minimum atomic E-state index is -1.87. The molecule has 0 aliphatic heterocycles. The van der Waals surface area contributed by atoms with Crippen molar-refractivity contribution in [3.63, 3.8) is 0 Å². The Hall–Kier alpha value is -0.333. The van der Waals surface area contributed by atoms with Crippen LogP contribution >= 0.6 is 0 Å². The van der Waals surface area contributed by atoms with E-state index in [0.29, 0.717) is 6.61 Å². The lowest BCUT2D eigenvalue weighted by atomic mass is 10.9. The van der Waals surface area contributed by atoms with E-state index >= 15 is 0 Å². The molecule has 0 aromatic heterocycles. The van der Waals surface area contributed by atoms with E-state index in [0.717, 1.165) is 0 Å². The molecular weight excluding hydrogens is 118 g/mol. The minimum absolute atomic E-state index is 0.660. The fourth-order valence-electron chi connectivity index (χ4n) is 0.393. The molecule has 3 heteroatoms. The average Bonchev–Trinajstić information content (AvgIpc) is 1.67. The zero-order valence-electron chi connectivity index (χ0n) is 5.56. The highest BCUT2D eigenvalue weighted by Crippen LogP contribution is 1.99. The van der Waals surface area contributed by atoms with Crippen LogP contribution in [0.1, 0.15) is 6.92 Å². The van der Waals surface area contributed by atoms with E-state index in [9.17, 15) is 0 Å². The van der Waals surface area contributed by atoms with Crippen LogP contribution in [0.25, 0.3) is 0 Å². The van der Waals surface area contributed by atoms with Crippen LogP contribution in [0.5, 0.6) is 0 Å². The van der Waals surface area contributed by atoms with Gasteiger partial charge in [-0.15, -0.1) is 0 Å². The lowest BCUT2D eigenvalue weighted by Gasteiger charge is -2.10. The molecule has 0 N–H and O–H groups in total. The van der Waals surface area contributed by atoms with Crippen molar-refractivity contribution in [1.82, 2.24) is 0 Å². The maximum absolute atomic E-state index is 8.41. The van der Waals surface area contributed by atoms with Crippen molar-refractivity contribution in [1.29, 1.82) is 5.26 Å². The van der Waals surface area contributed by atoms with Gasteiger partial charge in [0, 0.05) is 6.61 Å². The molecular formula is C5H11NOSi. The Balaban J connectivity index is 3.59. The summed E-state index contributed by atoms with van der Waals surface area (Å²) < 4.78 is 5.16. The zero-order valence-corrected chi connectivity index (χ0v) is 6.56. The Bertz CT molecular complexity index is 105. The van der Waals surface area contributed by atoms with Gasteiger partial charge in [-0.3, -0.25) is 0 Å². The molecule has 8 heavy (non-hydrogen) atoms. The third-order valence-electron chi connectivity index (χ3n) is 0.774. The van der Waals surface area contributed by atoms with Crippen LogP contribution in [0.2, 0.25) is 13.1 Å². The molecule has 0 aromatic carbocycles. The topological polar surface area (TPSA) is 33.0 Å². The number of hydrogen-bond donors (Lipinski definition) is 0. The first-order chi connectivity index (χ1) is 3.62. The van der Waals surface area contributed by atoms with Crippen LogP contribution in [0.15, 0.2) is 0 Å². The van der Waals surface area contributed by atoms with Gasteiger partial charge in [0.2, 0.25) is 0 Å². The molecule has 0 atom stereocenters. The number of nitrogens with zero attached hydrogens (tertiary/aromatic N) is 1. The van der Waals surface area contributed by atoms with Crippen molar-refractivity contribution in [2.45, 2.75) is 20.0 Å². The van der Waals surface area contributed by atoms with Gasteiger partial charge in [-0.25, -0.2) is 5.26 Å². The van der Waals surface area contributed by atoms with Gasteiger partial charge in [0.25, 0.3) is 8.32 Å². The summed E-state index contributed by atoms with van der Waals surface area (Å²) in [5.74, 6) is 0. The summed E-state index contributed by atoms with van der Waals surface area (Å²) in [6.07, 6.45) is 0. The van der Waals surface area contributed by atoms with Gasteiger partial charge in [-0.2, -0.15) is 0 Å². The molecule has 0 radical (unpaired) electrons. The van der Waals surface area contributed by atoms with Crippen molar-refractivity contribution in [2.75, 3.05) is 6.61 Å². The third-order valence-corrected chi connectivity index (χ3v) is 2.32. The molecule has 0 rings (SSSR count). The van der Waals surface area contributed by atoms with Crippen LogP contribution in [-0.4, -0.2) is 14.9 Å². The van der Waals surface area contributed by atoms with E-state index in [1.165, 1.54) is 0 Å². The SMILES string of the molecule is CCO[Si](C)(C)C#N. The second kappa shape index (κ2) is 2.85. The molecule has 0 spiro atoms. The van der Waals surface area contributed by atoms with Gasteiger partial charge >= 0.3 is 0 Å². The highest BCUT2D eigenvalue weighted by molar-refractivity contribution is 6.78. The largest absolute Gasteiger partial charge is 0.404 e. The van der Waals surface area contributed by atoms with Gasteiger partial charge in [0.15, 0.2) is 0 Å². The first-order valence-electron chi connectivity index (χ1n) is 2.67. The summed E-state index contributed by atoms with van der Waals surface area (Å²) in [5.41, 5.74) is 2.16. The summed E-state index contributed by atoms with van der Waals surface area (Å²) in [4.78, 5) is 0. The quantitative estimate of drug-likeness (QED) is 0.526. The number of hydrogen-bond acceptors (Lipinski definition) is 2. The van der Waals surface area contributed by atoms with Crippen LogP contribution in [0.4, 0.5) is 0 Å². The van der Waals surface area contributed by atoms with Gasteiger partial charge in [0.05, 0.1) is 5.69 Å². The second-order valence-corrected chi connectivity index (χ2v) is 5.59. The smallest absolute Gasteiger partial charge is 0.299 e. The van der Waals surface area contributed by atoms with Crippen LogP contribution < -0.4 is 0 Å². The van der Waals surface area contributed by atoms with Gasteiger partial charge in [0.1, 0.15) is 0 Å². The third kappa shape index (κ3) is 2.78. The summed E-state index contributed by atoms with van der Waals surface area (Å²) in [5, 5.41) is 8.41. The predicted octanol–water partition coefficient (Wildman–Crippen LogP) is 1.29. The standard InChI is InChI=1S/C5H11NOSi/c1-4-7-8(2,3)5-6/h4H2,1-3H3. The molecule has 0 aromatic rings. The number of nitriles is 1. The van der Waals surface area contributed by atoms with Crippen LogP contribution in [-0.2, 0) is 4.43 Å². The molecule has 46 valence electrons. The second-order valence-electron chi connectivity index (χ2n) is 2.06.